The molecular weight excluding hydrogens is 90.1 g/mol. The molecule has 3 heteroatoms. The van der Waals surface area contributed by atoms with E-state index in [1.807, 2.05) is 0 Å². The third-order valence-electron chi connectivity index (χ3n) is 0.647. The van der Waals surface area contributed by atoms with Crippen LogP contribution in [0.15, 0.2) is 19.2 Å². The lowest BCUT2D eigenvalue weighted by Gasteiger charge is -1.78. The van der Waals surface area contributed by atoms with E-state index in [0.717, 1.165) is 0 Å². The summed E-state index contributed by atoms with van der Waals surface area (Å²) < 4.78 is 1.67. The van der Waals surface area contributed by atoms with Crippen LogP contribution in [0.1, 0.15) is 0 Å². The fraction of sp³-hybridized carbons (Fsp3) is 0. The lowest BCUT2D eigenvalue weighted by atomic mass is 10.9. The summed E-state index contributed by atoms with van der Waals surface area (Å²) in [5.74, 6) is 0. The predicted octanol–water partition coefficient (Wildman–Crippen LogP) is 0.379. The molecule has 1 rings (SSSR count). The lowest BCUT2D eigenvalue weighted by molar-refractivity contribution is 1.09. The summed E-state index contributed by atoms with van der Waals surface area (Å²) in [5.41, 5.74) is 0. The molecule has 1 aromatic rings. The third-order valence-corrected chi connectivity index (χ3v) is 0.647. The highest BCUT2D eigenvalue weighted by Crippen LogP contribution is 1.76. The van der Waals surface area contributed by atoms with Gasteiger partial charge in [0.25, 0.3) is 0 Å². The molecule has 0 saturated heterocycles. The summed E-state index contributed by atoms with van der Waals surface area (Å²) in [5, 5.41) is 7.07. The molecule has 0 aliphatic rings. The second-order valence-corrected chi connectivity index (χ2v) is 1.09. The van der Waals surface area contributed by atoms with Crippen LogP contribution >= 0.6 is 0 Å². The zero-order chi connectivity index (χ0) is 5.11. The maximum Gasteiger partial charge on any atom is 0.123 e. The molecule has 0 saturated carbocycles. The van der Waals surface area contributed by atoms with Gasteiger partial charge in [0.15, 0.2) is 0 Å². The number of hydrogen-bond acceptors (Lipinski definition) is 2. The van der Waals surface area contributed by atoms with Gasteiger partial charge in [-0.2, -0.15) is 0 Å². The lowest BCUT2D eigenvalue weighted by Crippen LogP contribution is -1.74. The van der Waals surface area contributed by atoms with E-state index in [4.69, 9.17) is 0 Å². The van der Waals surface area contributed by atoms with Gasteiger partial charge in [-0.3, -0.25) is 4.57 Å². The van der Waals surface area contributed by atoms with Crippen molar-refractivity contribution in [1.82, 2.24) is 14.8 Å². The Balaban J connectivity index is 2.96. The molecule has 3 nitrogen and oxygen atoms in total. The highest BCUT2D eigenvalue weighted by atomic mass is 15.2. The van der Waals surface area contributed by atoms with Crippen molar-refractivity contribution in [3.05, 3.63) is 19.2 Å². The van der Waals surface area contributed by atoms with Crippen molar-refractivity contribution < 1.29 is 0 Å². The fourth-order valence-corrected chi connectivity index (χ4v) is 0.303. The molecule has 0 spiro atoms. The van der Waals surface area contributed by atoms with Crippen molar-refractivity contribution in [3.63, 3.8) is 0 Å². The van der Waals surface area contributed by atoms with Gasteiger partial charge in [0, 0.05) is 6.20 Å². The molecule has 0 unspecified atom stereocenters. The summed E-state index contributed by atoms with van der Waals surface area (Å²) in [4.78, 5) is 0. The molecular formula is C4H5N3. The summed E-state index contributed by atoms with van der Waals surface area (Å²) in [6, 6.07) is 0. The van der Waals surface area contributed by atoms with Crippen LogP contribution in [0.3, 0.4) is 0 Å². The summed E-state index contributed by atoms with van der Waals surface area (Å²) in [6.07, 6.45) is 4.78. The Morgan fingerprint density at radius 1 is 1.43 bits per heavy atom. The zero-order valence-corrected chi connectivity index (χ0v) is 3.78. The van der Waals surface area contributed by atoms with Gasteiger partial charge in [0.05, 0.1) is 0 Å². The summed E-state index contributed by atoms with van der Waals surface area (Å²) in [7, 11) is 0. The van der Waals surface area contributed by atoms with Crippen LogP contribution in [0.5, 0.6) is 0 Å². The normalized spacial score (nSPS) is 8.57. The van der Waals surface area contributed by atoms with Crippen molar-refractivity contribution in [2.75, 3.05) is 0 Å². The van der Waals surface area contributed by atoms with Crippen LogP contribution < -0.4 is 0 Å². The molecule has 1 aromatic heterocycles. The Kier molecular flexibility index (Phi) is 0.898. The molecule has 1 heterocycles. The highest BCUT2D eigenvalue weighted by molar-refractivity contribution is 5.12. The number of hydrogen-bond donors (Lipinski definition) is 0. The number of aromatic nitrogens is 3. The maximum absolute atomic E-state index is 3.53. The largest absolute Gasteiger partial charge is 0.296 e. The average Bonchev–Trinajstić information content (AvgIpc) is 2.14. The van der Waals surface area contributed by atoms with E-state index in [9.17, 15) is 0 Å². The Bertz CT molecular complexity index is 142. The molecule has 36 valence electrons. The topological polar surface area (TPSA) is 30.7 Å². The molecule has 0 aliphatic carbocycles. The van der Waals surface area contributed by atoms with Crippen molar-refractivity contribution >= 4 is 6.20 Å². The Labute approximate surface area is 41.3 Å². The monoisotopic (exact) mass is 95.0 g/mol. The van der Waals surface area contributed by atoms with Gasteiger partial charge in [-0.05, 0) is 0 Å². The van der Waals surface area contributed by atoms with Gasteiger partial charge in [-0.15, -0.1) is 10.2 Å². The van der Waals surface area contributed by atoms with E-state index in [0.29, 0.717) is 0 Å². The highest BCUT2D eigenvalue weighted by Gasteiger charge is 1.74. The molecule has 0 amide bonds. The number of nitrogens with zero attached hydrogens (tertiary/aromatic N) is 3. The maximum atomic E-state index is 3.53. The minimum absolute atomic E-state index is 1.58. The fourth-order valence-electron chi connectivity index (χ4n) is 0.303. The van der Waals surface area contributed by atoms with Gasteiger partial charge < -0.3 is 0 Å². The average molecular weight is 95.1 g/mol. The van der Waals surface area contributed by atoms with E-state index in [2.05, 4.69) is 16.8 Å². The van der Waals surface area contributed by atoms with Crippen molar-refractivity contribution in [1.29, 1.82) is 0 Å². The minimum atomic E-state index is 1.58. The zero-order valence-electron chi connectivity index (χ0n) is 3.78. The Morgan fingerprint density at radius 3 is 2.29 bits per heavy atom. The number of rotatable bonds is 1. The van der Waals surface area contributed by atoms with Crippen molar-refractivity contribution in [2.24, 2.45) is 0 Å². The van der Waals surface area contributed by atoms with E-state index in [1.54, 1.807) is 23.4 Å². The molecule has 0 atom stereocenters. The van der Waals surface area contributed by atoms with Crippen molar-refractivity contribution in [2.45, 2.75) is 0 Å². The van der Waals surface area contributed by atoms with E-state index < -0.39 is 0 Å². The van der Waals surface area contributed by atoms with Crippen LogP contribution in [0.4, 0.5) is 0 Å². The van der Waals surface area contributed by atoms with Crippen LogP contribution in [0.2, 0.25) is 0 Å². The first-order valence-electron chi connectivity index (χ1n) is 1.90. The molecule has 7 heavy (non-hydrogen) atoms. The third kappa shape index (κ3) is 0.652. The predicted molar refractivity (Wildman–Crippen MR) is 26.4 cm³/mol. The van der Waals surface area contributed by atoms with E-state index in [-0.39, 0.29) is 0 Å². The quantitative estimate of drug-likeness (QED) is 0.504. The van der Waals surface area contributed by atoms with Crippen molar-refractivity contribution in [3.8, 4) is 0 Å². The molecule has 0 fully saturated rings. The van der Waals surface area contributed by atoms with E-state index >= 15 is 0 Å². The first-order chi connectivity index (χ1) is 3.43. The summed E-state index contributed by atoms with van der Waals surface area (Å²) >= 11 is 0. The van der Waals surface area contributed by atoms with Crippen LogP contribution in [-0.2, 0) is 0 Å². The molecule has 0 aliphatic heterocycles. The van der Waals surface area contributed by atoms with Gasteiger partial charge in [-0.1, -0.05) is 6.58 Å². The van der Waals surface area contributed by atoms with Gasteiger partial charge >= 0.3 is 0 Å². The van der Waals surface area contributed by atoms with Gasteiger partial charge in [0.1, 0.15) is 12.7 Å². The first kappa shape index (κ1) is 4.05. The SMILES string of the molecule is C=Cn1cnnc1. The second kappa shape index (κ2) is 1.55. The minimum Gasteiger partial charge on any atom is -0.296 e. The van der Waals surface area contributed by atoms with Crippen LogP contribution in [0, 0.1) is 0 Å². The Hall–Kier alpha value is -1.12. The van der Waals surface area contributed by atoms with Crippen LogP contribution in [-0.4, -0.2) is 14.8 Å². The molecule has 0 radical (unpaired) electrons. The standard InChI is InChI=1S/C4H5N3/c1-2-7-3-5-6-4-7/h2-4H,1H2. The first-order valence-corrected chi connectivity index (χ1v) is 1.90. The molecule has 0 bridgehead atoms. The molecule has 0 N–H and O–H groups in total. The second-order valence-electron chi connectivity index (χ2n) is 1.09. The summed E-state index contributed by atoms with van der Waals surface area (Å²) in [6.45, 7) is 3.49. The Morgan fingerprint density at radius 2 is 2.00 bits per heavy atom. The van der Waals surface area contributed by atoms with Crippen LogP contribution in [0.25, 0.3) is 6.20 Å². The smallest absolute Gasteiger partial charge is 0.123 e. The molecule has 0 aromatic carbocycles. The van der Waals surface area contributed by atoms with Gasteiger partial charge in [0.2, 0.25) is 0 Å². The van der Waals surface area contributed by atoms with Gasteiger partial charge in [-0.25, -0.2) is 0 Å². The van der Waals surface area contributed by atoms with E-state index in [1.165, 1.54) is 0 Å².